The Morgan fingerprint density at radius 3 is 2.09 bits per heavy atom. The Bertz CT molecular complexity index is 1010. The Kier molecular flexibility index (Phi) is 13.0. The smallest absolute Gasteiger partial charge is 0.336 e. The van der Waals surface area contributed by atoms with Crippen molar-refractivity contribution in [2.45, 2.75) is 71.1 Å². The van der Waals surface area contributed by atoms with Gasteiger partial charge in [-0.3, -0.25) is 4.79 Å². The van der Waals surface area contributed by atoms with E-state index >= 15 is 0 Å². The zero-order chi connectivity index (χ0) is 23.6. The Morgan fingerprint density at radius 1 is 0.818 bits per heavy atom. The minimum Gasteiger partial charge on any atom is -0.426 e. The van der Waals surface area contributed by atoms with Crippen LogP contribution in [0, 0.1) is 0 Å². The van der Waals surface area contributed by atoms with Crippen molar-refractivity contribution in [3.8, 4) is 5.75 Å². The molecule has 0 bridgehead atoms. The number of carbonyl (C=O) groups is 1. The molecule has 0 aliphatic heterocycles. The highest BCUT2D eigenvalue weighted by Crippen LogP contribution is 2.20. The summed E-state index contributed by atoms with van der Waals surface area (Å²) in [7, 11) is 0. The van der Waals surface area contributed by atoms with Crippen molar-refractivity contribution in [1.82, 2.24) is 0 Å². The van der Waals surface area contributed by atoms with E-state index in [4.69, 9.17) is 9.15 Å². The third kappa shape index (κ3) is 11.9. The first kappa shape index (κ1) is 26.1. The topological polar surface area (TPSA) is 56.5 Å². The lowest BCUT2D eigenvalue weighted by molar-refractivity contribution is -0.134. The van der Waals surface area contributed by atoms with Gasteiger partial charge in [0.15, 0.2) is 0 Å². The van der Waals surface area contributed by atoms with Gasteiger partial charge in [-0.15, -0.1) is 0 Å². The molecule has 176 valence electrons. The van der Waals surface area contributed by atoms with Gasteiger partial charge in [0.1, 0.15) is 11.3 Å². The first-order valence-corrected chi connectivity index (χ1v) is 12.0. The Labute approximate surface area is 197 Å². The van der Waals surface area contributed by atoms with Crippen molar-refractivity contribution in [1.29, 1.82) is 0 Å². The molecule has 4 heteroatoms. The van der Waals surface area contributed by atoms with Gasteiger partial charge in [0.25, 0.3) is 0 Å². The van der Waals surface area contributed by atoms with E-state index in [0.29, 0.717) is 17.8 Å². The van der Waals surface area contributed by atoms with Crippen LogP contribution in [0.2, 0.25) is 0 Å². The number of esters is 1. The van der Waals surface area contributed by atoms with E-state index in [1.54, 1.807) is 24.3 Å². The van der Waals surface area contributed by atoms with Gasteiger partial charge in [-0.05, 0) is 63.1 Å². The van der Waals surface area contributed by atoms with Gasteiger partial charge in [-0.25, -0.2) is 4.79 Å². The summed E-state index contributed by atoms with van der Waals surface area (Å²) in [6, 6.07) is 8.08. The molecule has 0 amide bonds. The molecule has 0 unspecified atom stereocenters. The minimum absolute atomic E-state index is 0.288. The van der Waals surface area contributed by atoms with Gasteiger partial charge < -0.3 is 9.15 Å². The monoisotopic (exact) mass is 448 g/mol. The molecule has 0 atom stereocenters. The largest absolute Gasteiger partial charge is 0.426 e. The van der Waals surface area contributed by atoms with Crippen molar-refractivity contribution >= 4 is 16.9 Å². The average Bonchev–Trinajstić information content (AvgIpc) is 2.81. The van der Waals surface area contributed by atoms with Crippen LogP contribution in [0.4, 0.5) is 0 Å². The molecule has 1 aromatic carbocycles. The quantitative estimate of drug-likeness (QED) is 0.0915. The molecule has 0 spiro atoms. The fraction of sp³-hybridized carbons (Fsp3) is 0.379. The molecular weight excluding hydrogens is 412 g/mol. The SMILES string of the molecule is CCCCCC=CCC=CCC=CCC=CCCCC(=O)Oc1ccc2ccc(=O)oc2c1. The summed E-state index contributed by atoms with van der Waals surface area (Å²) in [4.78, 5) is 23.3. The number of allylic oxidation sites excluding steroid dienone is 8. The second-order valence-electron chi connectivity index (χ2n) is 7.91. The highest BCUT2D eigenvalue weighted by molar-refractivity contribution is 5.79. The summed E-state index contributed by atoms with van der Waals surface area (Å²) in [5, 5.41) is 0.787. The van der Waals surface area contributed by atoms with Gasteiger partial charge in [0.05, 0.1) is 0 Å². The van der Waals surface area contributed by atoms with Crippen LogP contribution in [0.1, 0.15) is 71.1 Å². The van der Waals surface area contributed by atoms with Gasteiger partial charge in [-0.1, -0.05) is 68.4 Å². The first-order valence-electron chi connectivity index (χ1n) is 12.0. The zero-order valence-corrected chi connectivity index (χ0v) is 19.7. The van der Waals surface area contributed by atoms with Crippen LogP contribution >= 0.6 is 0 Å². The van der Waals surface area contributed by atoms with Gasteiger partial charge in [0, 0.05) is 23.9 Å². The number of hydrogen-bond acceptors (Lipinski definition) is 4. The molecule has 1 aromatic heterocycles. The van der Waals surface area contributed by atoms with E-state index < -0.39 is 5.63 Å². The molecular formula is C29H36O4. The van der Waals surface area contributed by atoms with Gasteiger partial charge in [-0.2, -0.15) is 0 Å². The molecule has 33 heavy (non-hydrogen) atoms. The maximum atomic E-state index is 12.0. The highest BCUT2D eigenvalue weighted by Gasteiger charge is 2.06. The summed E-state index contributed by atoms with van der Waals surface area (Å²) < 4.78 is 10.5. The normalized spacial score (nSPS) is 12.2. The van der Waals surface area contributed by atoms with Crippen molar-refractivity contribution in [3.63, 3.8) is 0 Å². The minimum atomic E-state index is -0.426. The number of fused-ring (bicyclic) bond motifs is 1. The van der Waals surface area contributed by atoms with Crippen molar-refractivity contribution in [2.24, 2.45) is 0 Å². The molecule has 0 aliphatic rings. The molecule has 2 aromatic rings. The molecule has 0 saturated heterocycles. The fourth-order valence-corrected chi connectivity index (χ4v) is 3.21. The Morgan fingerprint density at radius 2 is 1.42 bits per heavy atom. The summed E-state index contributed by atoms with van der Waals surface area (Å²) in [6.07, 6.45) is 27.4. The molecule has 0 fully saturated rings. The second-order valence-corrected chi connectivity index (χ2v) is 7.91. The van der Waals surface area contributed by atoms with E-state index in [1.807, 2.05) is 0 Å². The molecule has 1 heterocycles. The standard InChI is InChI=1S/C29H36O4/c1-2-3-4-5-6-7-8-9-10-11-12-13-14-15-16-17-18-19-28(30)32-26-22-20-25-21-23-29(31)33-27(25)24-26/h6-7,9-10,12-13,15-16,20-24H,2-5,8,11,14,17-19H2,1H3. The Hall–Kier alpha value is -3.14. The maximum absolute atomic E-state index is 12.0. The average molecular weight is 449 g/mol. The molecule has 0 radical (unpaired) electrons. The second kappa shape index (κ2) is 16.5. The molecule has 0 saturated carbocycles. The number of benzene rings is 1. The van der Waals surface area contributed by atoms with Crippen LogP contribution in [0.15, 0.2) is 88.2 Å². The third-order valence-corrected chi connectivity index (χ3v) is 5.04. The van der Waals surface area contributed by atoms with Crippen molar-refractivity contribution in [3.05, 3.63) is 89.4 Å². The van der Waals surface area contributed by atoms with Crippen molar-refractivity contribution in [2.75, 3.05) is 0 Å². The molecule has 4 nitrogen and oxygen atoms in total. The van der Waals surface area contributed by atoms with Crippen LogP contribution in [-0.2, 0) is 4.79 Å². The molecule has 0 N–H and O–H groups in total. The summed E-state index contributed by atoms with van der Waals surface area (Å²) >= 11 is 0. The summed E-state index contributed by atoms with van der Waals surface area (Å²) in [6.45, 7) is 2.23. The predicted octanol–water partition coefficient (Wildman–Crippen LogP) is 7.84. The number of carbonyl (C=O) groups excluding carboxylic acids is 1. The van der Waals surface area contributed by atoms with E-state index in [2.05, 4.69) is 55.5 Å². The highest BCUT2D eigenvalue weighted by atomic mass is 16.5. The summed E-state index contributed by atoms with van der Waals surface area (Å²) in [5.74, 6) is 0.100. The summed E-state index contributed by atoms with van der Waals surface area (Å²) in [5.41, 5.74) is -0.0149. The Balaban J connectivity index is 1.52. The van der Waals surface area contributed by atoms with Gasteiger partial charge >= 0.3 is 11.6 Å². The fourth-order valence-electron chi connectivity index (χ4n) is 3.21. The van der Waals surface area contributed by atoms with Crippen LogP contribution in [-0.4, -0.2) is 5.97 Å². The van der Waals surface area contributed by atoms with Crippen LogP contribution in [0.25, 0.3) is 11.0 Å². The number of rotatable bonds is 15. The lowest BCUT2D eigenvalue weighted by Crippen LogP contribution is -2.07. The van der Waals surface area contributed by atoms with Crippen molar-refractivity contribution < 1.29 is 13.9 Å². The lowest BCUT2D eigenvalue weighted by Gasteiger charge is -2.04. The molecule has 2 rings (SSSR count). The maximum Gasteiger partial charge on any atom is 0.336 e. The van der Waals surface area contributed by atoms with E-state index in [1.165, 1.54) is 31.7 Å². The third-order valence-electron chi connectivity index (χ3n) is 5.04. The van der Waals surface area contributed by atoms with E-state index in [9.17, 15) is 9.59 Å². The first-order chi connectivity index (χ1) is 16.2. The number of unbranched alkanes of at least 4 members (excludes halogenated alkanes) is 4. The number of hydrogen-bond donors (Lipinski definition) is 0. The molecule has 0 aliphatic carbocycles. The van der Waals surface area contributed by atoms with Gasteiger partial charge in [0.2, 0.25) is 0 Å². The predicted molar refractivity (Wildman–Crippen MR) is 137 cm³/mol. The van der Waals surface area contributed by atoms with E-state index in [0.717, 1.165) is 37.5 Å². The van der Waals surface area contributed by atoms with Crippen LogP contribution < -0.4 is 10.4 Å². The van der Waals surface area contributed by atoms with Crippen LogP contribution in [0.5, 0.6) is 5.75 Å². The van der Waals surface area contributed by atoms with E-state index in [-0.39, 0.29) is 5.97 Å². The van der Waals surface area contributed by atoms with Crippen LogP contribution in [0.3, 0.4) is 0 Å². The number of ether oxygens (including phenoxy) is 1. The zero-order valence-electron chi connectivity index (χ0n) is 19.7. The lowest BCUT2D eigenvalue weighted by atomic mass is 10.2.